The number of rotatable bonds is 6. The van der Waals surface area contributed by atoms with E-state index in [0.29, 0.717) is 17.4 Å². The van der Waals surface area contributed by atoms with E-state index in [1.54, 1.807) is 32.2 Å². The van der Waals surface area contributed by atoms with Gasteiger partial charge < -0.3 is 14.6 Å². The van der Waals surface area contributed by atoms with Gasteiger partial charge in [0.2, 0.25) is 0 Å². The van der Waals surface area contributed by atoms with Crippen molar-refractivity contribution < 1.29 is 14.6 Å². The molecule has 0 aliphatic heterocycles. The summed E-state index contributed by atoms with van der Waals surface area (Å²) in [5.74, 6) is 1.30. The lowest BCUT2D eigenvalue weighted by Gasteiger charge is -2.11. The molecule has 2 aromatic carbocycles. The van der Waals surface area contributed by atoms with Crippen molar-refractivity contribution in [3.05, 3.63) is 58.6 Å². The van der Waals surface area contributed by atoms with Gasteiger partial charge in [0, 0.05) is 7.11 Å². The Morgan fingerprint density at radius 3 is 2.43 bits per heavy atom. The van der Waals surface area contributed by atoms with Gasteiger partial charge in [-0.05, 0) is 48.7 Å². The van der Waals surface area contributed by atoms with Gasteiger partial charge in [0.25, 0.3) is 0 Å². The van der Waals surface area contributed by atoms with Gasteiger partial charge in [0.1, 0.15) is 11.5 Å². The Morgan fingerprint density at radius 1 is 1.14 bits per heavy atom. The second-order valence-corrected chi connectivity index (χ2v) is 5.26. The van der Waals surface area contributed by atoms with Crippen molar-refractivity contribution in [3.8, 4) is 11.5 Å². The Kier molecular flexibility index (Phi) is 5.62. The maximum Gasteiger partial charge on any atom is 0.146 e. The third-order valence-electron chi connectivity index (χ3n) is 3.18. The third-order valence-corrected chi connectivity index (χ3v) is 3.48. The number of hydrogen-bond donors (Lipinski definition) is 1. The zero-order valence-electron chi connectivity index (χ0n) is 12.2. The average Bonchev–Trinajstić information content (AvgIpc) is 2.48. The molecule has 0 unspecified atom stereocenters. The van der Waals surface area contributed by atoms with E-state index in [0.717, 1.165) is 17.7 Å². The molecule has 0 aliphatic rings. The van der Waals surface area contributed by atoms with Crippen LogP contribution in [-0.4, -0.2) is 18.8 Å². The van der Waals surface area contributed by atoms with Crippen LogP contribution in [-0.2, 0) is 11.2 Å². The summed E-state index contributed by atoms with van der Waals surface area (Å²) >= 11 is 6.17. The standard InChI is InChI=1S/C17H19ClO3/c1-12(19)14-5-8-17(16(18)11-14)21-15-6-3-13(4-7-15)9-10-20-2/h3-8,11-12,19H,9-10H2,1-2H3/t12-/m0/s1. The number of aliphatic hydroxyl groups is 1. The molecule has 0 fully saturated rings. The van der Waals surface area contributed by atoms with Crippen molar-refractivity contribution >= 4 is 11.6 Å². The highest BCUT2D eigenvalue weighted by Gasteiger charge is 2.07. The molecular formula is C17H19ClO3. The Hall–Kier alpha value is -1.55. The Labute approximate surface area is 130 Å². The first-order valence-electron chi connectivity index (χ1n) is 6.83. The summed E-state index contributed by atoms with van der Waals surface area (Å²) in [5, 5.41) is 10.0. The highest BCUT2D eigenvalue weighted by atomic mass is 35.5. The van der Waals surface area contributed by atoms with Gasteiger partial charge in [0.15, 0.2) is 0 Å². The van der Waals surface area contributed by atoms with E-state index in [1.165, 1.54) is 5.56 Å². The molecule has 0 saturated carbocycles. The van der Waals surface area contributed by atoms with Gasteiger partial charge in [-0.1, -0.05) is 29.8 Å². The van der Waals surface area contributed by atoms with Crippen molar-refractivity contribution in [2.75, 3.05) is 13.7 Å². The fourth-order valence-corrected chi connectivity index (χ4v) is 2.16. The SMILES string of the molecule is COCCc1ccc(Oc2ccc([C@H](C)O)cc2Cl)cc1. The average molecular weight is 307 g/mol. The monoisotopic (exact) mass is 306 g/mol. The first-order chi connectivity index (χ1) is 10.1. The number of halogens is 1. The molecule has 0 radical (unpaired) electrons. The molecule has 2 rings (SSSR count). The van der Waals surface area contributed by atoms with Gasteiger partial charge in [-0.15, -0.1) is 0 Å². The van der Waals surface area contributed by atoms with Gasteiger partial charge in [-0.3, -0.25) is 0 Å². The third kappa shape index (κ3) is 4.46. The largest absolute Gasteiger partial charge is 0.456 e. The minimum Gasteiger partial charge on any atom is -0.456 e. The minimum atomic E-state index is -0.545. The van der Waals surface area contributed by atoms with Crippen molar-refractivity contribution in [2.24, 2.45) is 0 Å². The molecule has 2 aromatic rings. The van der Waals surface area contributed by atoms with Crippen LogP contribution in [0.25, 0.3) is 0 Å². The van der Waals surface area contributed by atoms with E-state index in [1.807, 2.05) is 24.3 Å². The van der Waals surface area contributed by atoms with E-state index >= 15 is 0 Å². The summed E-state index contributed by atoms with van der Waals surface area (Å²) in [7, 11) is 1.69. The van der Waals surface area contributed by atoms with Crippen LogP contribution >= 0.6 is 11.6 Å². The highest BCUT2D eigenvalue weighted by Crippen LogP contribution is 2.31. The Balaban J connectivity index is 2.07. The predicted octanol–water partition coefficient (Wildman–Crippen LogP) is 4.37. The number of ether oxygens (including phenoxy) is 2. The lowest BCUT2D eigenvalue weighted by atomic mass is 10.1. The number of benzene rings is 2. The van der Waals surface area contributed by atoms with Crippen LogP contribution in [0.1, 0.15) is 24.2 Å². The van der Waals surface area contributed by atoms with Crippen LogP contribution < -0.4 is 4.74 Å². The first kappa shape index (κ1) is 15.8. The fourth-order valence-electron chi connectivity index (χ4n) is 1.93. The molecule has 0 saturated heterocycles. The summed E-state index contributed by atoms with van der Waals surface area (Å²) in [4.78, 5) is 0. The fraction of sp³-hybridized carbons (Fsp3) is 0.294. The lowest BCUT2D eigenvalue weighted by Crippen LogP contribution is -1.94. The van der Waals surface area contributed by atoms with Gasteiger partial charge >= 0.3 is 0 Å². The van der Waals surface area contributed by atoms with Crippen molar-refractivity contribution in [1.29, 1.82) is 0 Å². The normalized spacial score (nSPS) is 12.2. The van der Waals surface area contributed by atoms with E-state index < -0.39 is 6.10 Å². The van der Waals surface area contributed by atoms with Crippen molar-refractivity contribution in [3.63, 3.8) is 0 Å². The topological polar surface area (TPSA) is 38.7 Å². The molecule has 3 nitrogen and oxygen atoms in total. The summed E-state index contributed by atoms with van der Waals surface area (Å²) in [6.07, 6.45) is 0.331. The Morgan fingerprint density at radius 2 is 1.86 bits per heavy atom. The lowest BCUT2D eigenvalue weighted by molar-refractivity contribution is 0.199. The number of hydrogen-bond acceptors (Lipinski definition) is 3. The first-order valence-corrected chi connectivity index (χ1v) is 7.21. The predicted molar refractivity (Wildman–Crippen MR) is 84.2 cm³/mol. The van der Waals surface area contributed by atoms with Crippen LogP contribution in [0.3, 0.4) is 0 Å². The van der Waals surface area contributed by atoms with Crippen LogP contribution in [0.4, 0.5) is 0 Å². The molecule has 0 aromatic heterocycles. The Bertz CT molecular complexity index is 579. The molecule has 112 valence electrons. The minimum absolute atomic E-state index is 0.483. The van der Waals surface area contributed by atoms with Crippen molar-refractivity contribution in [1.82, 2.24) is 0 Å². The van der Waals surface area contributed by atoms with Crippen molar-refractivity contribution in [2.45, 2.75) is 19.4 Å². The van der Waals surface area contributed by atoms with Gasteiger partial charge in [-0.2, -0.15) is 0 Å². The molecule has 0 aliphatic carbocycles. The van der Waals surface area contributed by atoms with Gasteiger partial charge in [0.05, 0.1) is 17.7 Å². The molecular weight excluding hydrogens is 288 g/mol. The number of methoxy groups -OCH3 is 1. The molecule has 0 heterocycles. The zero-order chi connectivity index (χ0) is 15.2. The van der Waals surface area contributed by atoms with E-state index in [4.69, 9.17) is 21.1 Å². The highest BCUT2D eigenvalue weighted by molar-refractivity contribution is 6.32. The second kappa shape index (κ2) is 7.46. The zero-order valence-corrected chi connectivity index (χ0v) is 12.9. The van der Waals surface area contributed by atoms with E-state index in [2.05, 4.69) is 0 Å². The van der Waals surface area contributed by atoms with Crippen LogP contribution in [0.5, 0.6) is 11.5 Å². The summed E-state index contributed by atoms with van der Waals surface area (Å²) < 4.78 is 10.8. The molecule has 21 heavy (non-hydrogen) atoms. The molecule has 4 heteroatoms. The molecule has 0 bridgehead atoms. The maximum atomic E-state index is 9.52. The van der Waals surface area contributed by atoms with E-state index in [-0.39, 0.29) is 0 Å². The summed E-state index contributed by atoms with van der Waals surface area (Å²) in [6.45, 7) is 2.40. The molecule has 0 amide bonds. The van der Waals surface area contributed by atoms with Crippen LogP contribution in [0.2, 0.25) is 5.02 Å². The molecule has 1 atom stereocenters. The van der Waals surface area contributed by atoms with Gasteiger partial charge in [-0.25, -0.2) is 0 Å². The number of aliphatic hydroxyl groups excluding tert-OH is 1. The second-order valence-electron chi connectivity index (χ2n) is 4.85. The summed E-state index contributed by atoms with van der Waals surface area (Å²) in [6, 6.07) is 13.1. The van der Waals surface area contributed by atoms with E-state index in [9.17, 15) is 5.11 Å². The van der Waals surface area contributed by atoms with Crippen LogP contribution in [0, 0.1) is 0 Å². The molecule has 1 N–H and O–H groups in total. The van der Waals surface area contributed by atoms with Crippen LogP contribution in [0.15, 0.2) is 42.5 Å². The quantitative estimate of drug-likeness (QED) is 0.861. The maximum absolute atomic E-state index is 9.52. The summed E-state index contributed by atoms with van der Waals surface area (Å²) in [5.41, 5.74) is 1.96. The smallest absolute Gasteiger partial charge is 0.146 e. The molecule has 0 spiro atoms.